The lowest BCUT2D eigenvalue weighted by Crippen LogP contribution is -2.09. The van der Waals surface area contributed by atoms with E-state index in [9.17, 15) is 4.39 Å². The Hall–Kier alpha value is -1.78. The van der Waals surface area contributed by atoms with Crippen LogP contribution in [0, 0.1) is 5.82 Å². The number of nitrogens with zero attached hydrogens (tertiary/aromatic N) is 2. The Morgan fingerprint density at radius 2 is 2.15 bits per heavy atom. The third kappa shape index (κ3) is 2.71. The van der Waals surface area contributed by atoms with Gasteiger partial charge in [0, 0.05) is 18.2 Å². The monoisotopic (exact) mass is 279 g/mol. The highest BCUT2D eigenvalue weighted by molar-refractivity contribution is 5.80. The number of ether oxygens (including phenoxy) is 1. The average Bonchev–Trinajstić information content (AvgIpc) is 2.72. The number of unbranched alkanes of at least 4 members (excludes halogenated alkanes) is 2. The molecule has 0 fully saturated rings. The third-order valence-electron chi connectivity index (χ3n) is 3.66. The standard InChI is InChI=1S/C15H22FN3O/c1-4-5-6-7-10(2)19-13-9-14(20-3)11(16)8-12(13)18-15(19)17/h8-10H,4-7H2,1-3H3,(H2,17,18). The molecule has 2 N–H and O–H groups in total. The van der Waals surface area contributed by atoms with Gasteiger partial charge in [0.05, 0.1) is 18.1 Å². The summed E-state index contributed by atoms with van der Waals surface area (Å²) in [6.07, 6.45) is 4.57. The molecule has 1 unspecified atom stereocenters. The number of nitrogen functional groups attached to an aromatic ring is 1. The van der Waals surface area contributed by atoms with Gasteiger partial charge in [-0.2, -0.15) is 0 Å². The zero-order valence-corrected chi connectivity index (χ0v) is 12.3. The van der Waals surface area contributed by atoms with Crippen molar-refractivity contribution in [2.75, 3.05) is 12.8 Å². The number of aromatic nitrogens is 2. The van der Waals surface area contributed by atoms with Gasteiger partial charge < -0.3 is 15.0 Å². The fourth-order valence-electron chi connectivity index (χ4n) is 2.55. The summed E-state index contributed by atoms with van der Waals surface area (Å²) in [5.41, 5.74) is 7.38. The van der Waals surface area contributed by atoms with Gasteiger partial charge in [-0.3, -0.25) is 0 Å². The van der Waals surface area contributed by atoms with Gasteiger partial charge in [-0.25, -0.2) is 9.37 Å². The number of methoxy groups -OCH3 is 1. The predicted molar refractivity (Wildman–Crippen MR) is 79.5 cm³/mol. The van der Waals surface area contributed by atoms with Crippen molar-refractivity contribution in [3.8, 4) is 5.75 Å². The number of rotatable bonds is 6. The van der Waals surface area contributed by atoms with Crippen LogP contribution < -0.4 is 10.5 Å². The molecule has 4 nitrogen and oxygen atoms in total. The molecule has 0 radical (unpaired) electrons. The quantitative estimate of drug-likeness (QED) is 0.816. The molecule has 0 amide bonds. The molecule has 0 aliphatic rings. The molecule has 1 aromatic heterocycles. The number of benzene rings is 1. The van der Waals surface area contributed by atoms with Gasteiger partial charge in [-0.15, -0.1) is 0 Å². The maximum Gasteiger partial charge on any atom is 0.201 e. The highest BCUT2D eigenvalue weighted by Crippen LogP contribution is 2.30. The van der Waals surface area contributed by atoms with Crippen LogP contribution in [0.15, 0.2) is 12.1 Å². The van der Waals surface area contributed by atoms with E-state index >= 15 is 0 Å². The number of imidazole rings is 1. The molecule has 0 spiro atoms. The molecule has 2 rings (SSSR count). The van der Waals surface area contributed by atoms with E-state index in [1.807, 2.05) is 4.57 Å². The van der Waals surface area contributed by atoms with Crippen molar-refractivity contribution in [3.63, 3.8) is 0 Å². The molecule has 0 bridgehead atoms. The van der Waals surface area contributed by atoms with Gasteiger partial charge in [0.15, 0.2) is 11.6 Å². The summed E-state index contributed by atoms with van der Waals surface area (Å²) in [5, 5.41) is 0. The number of hydrogen-bond acceptors (Lipinski definition) is 3. The van der Waals surface area contributed by atoms with Gasteiger partial charge in [0.2, 0.25) is 5.95 Å². The van der Waals surface area contributed by atoms with Crippen LogP contribution >= 0.6 is 0 Å². The topological polar surface area (TPSA) is 53.1 Å². The lowest BCUT2D eigenvalue weighted by Gasteiger charge is -2.16. The second-order valence-electron chi connectivity index (χ2n) is 5.16. The summed E-state index contributed by atoms with van der Waals surface area (Å²) in [6, 6.07) is 3.28. The molecule has 5 heteroatoms. The highest BCUT2D eigenvalue weighted by Gasteiger charge is 2.16. The summed E-state index contributed by atoms with van der Waals surface area (Å²) in [5.74, 6) is 0.236. The van der Waals surface area contributed by atoms with Crippen LogP contribution in [0.25, 0.3) is 11.0 Å². The Morgan fingerprint density at radius 1 is 1.40 bits per heavy atom. The fourth-order valence-corrected chi connectivity index (χ4v) is 2.55. The summed E-state index contributed by atoms with van der Waals surface area (Å²) < 4.78 is 20.7. The van der Waals surface area contributed by atoms with Crippen LogP contribution in [0.1, 0.15) is 45.6 Å². The Morgan fingerprint density at radius 3 is 2.80 bits per heavy atom. The maximum absolute atomic E-state index is 13.7. The molecule has 1 atom stereocenters. The van der Waals surface area contributed by atoms with Gasteiger partial charge in [-0.1, -0.05) is 26.2 Å². The Bertz CT molecular complexity index is 594. The van der Waals surface area contributed by atoms with Gasteiger partial charge in [0.25, 0.3) is 0 Å². The van der Waals surface area contributed by atoms with E-state index in [0.29, 0.717) is 11.5 Å². The molecule has 20 heavy (non-hydrogen) atoms. The first-order valence-electron chi connectivity index (χ1n) is 7.09. The average molecular weight is 279 g/mol. The smallest absolute Gasteiger partial charge is 0.201 e. The van der Waals surface area contributed by atoms with Crippen LogP contribution in [0.2, 0.25) is 0 Å². The van der Waals surface area contributed by atoms with Crippen LogP contribution in [-0.4, -0.2) is 16.7 Å². The molecule has 0 aliphatic carbocycles. The molecular weight excluding hydrogens is 257 g/mol. The molecule has 1 heterocycles. The van der Waals surface area contributed by atoms with E-state index in [0.717, 1.165) is 18.4 Å². The lowest BCUT2D eigenvalue weighted by atomic mass is 10.1. The zero-order chi connectivity index (χ0) is 14.7. The van der Waals surface area contributed by atoms with Crippen molar-refractivity contribution in [1.29, 1.82) is 0 Å². The van der Waals surface area contributed by atoms with E-state index in [-0.39, 0.29) is 11.8 Å². The third-order valence-corrected chi connectivity index (χ3v) is 3.66. The first-order valence-corrected chi connectivity index (χ1v) is 7.09. The molecule has 0 saturated heterocycles. The summed E-state index contributed by atoms with van der Waals surface area (Å²) in [4.78, 5) is 4.24. The Labute approximate surface area is 118 Å². The fraction of sp³-hybridized carbons (Fsp3) is 0.533. The van der Waals surface area contributed by atoms with Gasteiger partial charge >= 0.3 is 0 Å². The van der Waals surface area contributed by atoms with Crippen molar-refractivity contribution >= 4 is 17.0 Å². The number of fused-ring (bicyclic) bond motifs is 1. The molecular formula is C15H22FN3O. The number of nitrogens with two attached hydrogens (primary N) is 1. The molecule has 0 aliphatic heterocycles. The normalized spacial score (nSPS) is 12.8. The van der Waals surface area contributed by atoms with Gasteiger partial charge in [-0.05, 0) is 13.3 Å². The lowest BCUT2D eigenvalue weighted by molar-refractivity contribution is 0.387. The van der Waals surface area contributed by atoms with Crippen LogP contribution in [-0.2, 0) is 0 Å². The number of halogens is 1. The summed E-state index contributed by atoms with van der Waals surface area (Å²) in [7, 11) is 1.46. The first-order chi connectivity index (χ1) is 9.58. The van der Waals surface area contributed by atoms with E-state index in [1.165, 1.54) is 26.0 Å². The van der Waals surface area contributed by atoms with E-state index in [1.54, 1.807) is 6.07 Å². The predicted octanol–water partition coefficient (Wildman–Crippen LogP) is 3.91. The minimum absolute atomic E-state index is 0.222. The van der Waals surface area contributed by atoms with E-state index < -0.39 is 5.82 Å². The maximum atomic E-state index is 13.7. The summed E-state index contributed by atoms with van der Waals surface area (Å²) in [6.45, 7) is 4.29. The van der Waals surface area contributed by atoms with Crippen molar-refractivity contribution in [2.45, 2.75) is 45.6 Å². The second kappa shape index (κ2) is 6.11. The molecule has 110 valence electrons. The van der Waals surface area contributed by atoms with Crippen molar-refractivity contribution in [2.24, 2.45) is 0 Å². The van der Waals surface area contributed by atoms with Crippen LogP contribution in [0.4, 0.5) is 10.3 Å². The van der Waals surface area contributed by atoms with E-state index in [2.05, 4.69) is 18.8 Å². The highest BCUT2D eigenvalue weighted by atomic mass is 19.1. The van der Waals surface area contributed by atoms with Crippen molar-refractivity contribution in [1.82, 2.24) is 9.55 Å². The number of anilines is 1. The van der Waals surface area contributed by atoms with Crippen LogP contribution in [0.5, 0.6) is 5.75 Å². The van der Waals surface area contributed by atoms with Crippen molar-refractivity contribution < 1.29 is 9.13 Å². The molecule has 0 saturated carbocycles. The number of hydrogen-bond donors (Lipinski definition) is 1. The minimum Gasteiger partial charge on any atom is -0.494 e. The first kappa shape index (κ1) is 14.6. The minimum atomic E-state index is -0.414. The zero-order valence-electron chi connectivity index (χ0n) is 12.3. The largest absolute Gasteiger partial charge is 0.494 e. The Kier molecular flexibility index (Phi) is 4.47. The van der Waals surface area contributed by atoms with Crippen molar-refractivity contribution in [3.05, 3.63) is 17.9 Å². The molecule has 2 aromatic rings. The SMILES string of the molecule is CCCCCC(C)n1c(N)nc2cc(F)c(OC)cc21. The van der Waals surface area contributed by atoms with Gasteiger partial charge in [0.1, 0.15) is 0 Å². The second-order valence-corrected chi connectivity index (χ2v) is 5.16. The molecule has 1 aromatic carbocycles. The Balaban J connectivity index is 2.39. The van der Waals surface area contributed by atoms with E-state index in [4.69, 9.17) is 10.5 Å². The summed E-state index contributed by atoms with van der Waals surface area (Å²) >= 11 is 0. The van der Waals surface area contributed by atoms with Crippen LogP contribution in [0.3, 0.4) is 0 Å².